The number of rotatable bonds is 6. The molecule has 1 heterocycles. The van der Waals surface area contributed by atoms with E-state index in [4.69, 9.17) is 4.42 Å². The standard InChI is InChI=1S/C18H22FNO/c1-13(7-8-18-6-3-9-21-18)20-17-11-15(12-17)14-4-2-5-16(19)10-14/h2-6,9-10,13,15,17,20H,7-8,11-12H2,1H3. The predicted molar refractivity (Wildman–Crippen MR) is 81.8 cm³/mol. The zero-order valence-corrected chi connectivity index (χ0v) is 12.4. The van der Waals surface area contributed by atoms with Gasteiger partial charge in [0.15, 0.2) is 0 Å². The molecule has 0 saturated heterocycles. The first-order valence-corrected chi connectivity index (χ1v) is 7.74. The minimum absolute atomic E-state index is 0.129. The van der Waals surface area contributed by atoms with E-state index in [1.807, 2.05) is 18.2 Å². The Labute approximate surface area is 125 Å². The molecule has 2 nitrogen and oxygen atoms in total. The fourth-order valence-electron chi connectivity index (χ4n) is 3.09. The van der Waals surface area contributed by atoms with Gasteiger partial charge in [0.05, 0.1) is 6.26 Å². The van der Waals surface area contributed by atoms with Gasteiger partial charge in [0.25, 0.3) is 0 Å². The topological polar surface area (TPSA) is 25.2 Å². The van der Waals surface area contributed by atoms with Gasteiger partial charge < -0.3 is 9.73 Å². The summed E-state index contributed by atoms with van der Waals surface area (Å²) in [5.41, 5.74) is 1.14. The van der Waals surface area contributed by atoms with Gasteiger partial charge in [-0.25, -0.2) is 4.39 Å². The van der Waals surface area contributed by atoms with Crippen molar-refractivity contribution in [3.63, 3.8) is 0 Å². The summed E-state index contributed by atoms with van der Waals surface area (Å²) >= 11 is 0. The Kier molecular flexibility index (Phi) is 4.39. The van der Waals surface area contributed by atoms with Crippen LogP contribution >= 0.6 is 0 Å². The van der Waals surface area contributed by atoms with Crippen molar-refractivity contribution in [2.75, 3.05) is 0 Å². The molecule has 1 fully saturated rings. The Morgan fingerprint density at radius 2 is 2.14 bits per heavy atom. The Hall–Kier alpha value is -1.61. The van der Waals surface area contributed by atoms with Gasteiger partial charge in [-0.2, -0.15) is 0 Å². The van der Waals surface area contributed by atoms with Crippen LogP contribution in [0.4, 0.5) is 4.39 Å². The number of furan rings is 1. The quantitative estimate of drug-likeness (QED) is 0.858. The highest BCUT2D eigenvalue weighted by molar-refractivity contribution is 5.23. The van der Waals surface area contributed by atoms with Crippen LogP contribution in [0.5, 0.6) is 0 Å². The third kappa shape index (κ3) is 3.73. The van der Waals surface area contributed by atoms with E-state index in [0.717, 1.165) is 37.0 Å². The molecule has 1 aliphatic rings. The van der Waals surface area contributed by atoms with Gasteiger partial charge in [-0.1, -0.05) is 12.1 Å². The average Bonchev–Trinajstić information content (AvgIpc) is 2.93. The van der Waals surface area contributed by atoms with Crippen LogP contribution in [-0.4, -0.2) is 12.1 Å². The molecule has 3 heteroatoms. The monoisotopic (exact) mass is 287 g/mol. The number of hydrogen-bond acceptors (Lipinski definition) is 2. The molecule has 1 saturated carbocycles. The zero-order valence-electron chi connectivity index (χ0n) is 12.4. The first kappa shape index (κ1) is 14.3. The predicted octanol–water partition coefficient (Wildman–Crippen LogP) is 4.28. The lowest BCUT2D eigenvalue weighted by atomic mass is 9.75. The molecule has 0 aliphatic heterocycles. The van der Waals surface area contributed by atoms with Crippen molar-refractivity contribution >= 4 is 0 Å². The highest BCUT2D eigenvalue weighted by atomic mass is 19.1. The highest BCUT2D eigenvalue weighted by Crippen LogP contribution is 2.37. The van der Waals surface area contributed by atoms with E-state index in [-0.39, 0.29) is 5.82 Å². The largest absolute Gasteiger partial charge is 0.469 e. The van der Waals surface area contributed by atoms with Crippen molar-refractivity contribution < 1.29 is 8.81 Å². The van der Waals surface area contributed by atoms with Crippen molar-refractivity contribution in [2.24, 2.45) is 0 Å². The molecule has 2 aromatic rings. The van der Waals surface area contributed by atoms with E-state index in [2.05, 4.69) is 12.2 Å². The first-order valence-electron chi connectivity index (χ1n) is 7.74. The van der Waals surface area contributed by atoms with Crippen LogP contribution in [0.25, 0.3) is 0 Å². The summed E-state index contributed by atoms with van der Waals surface area (Å²) in [6, 6.07) is 12.0. The maximum absolute atomic E-state index is 13.2. The Morgan fingerprint density at radius 3 is 2.86 bits per heavy atom. The fraction of sp³-hybridized carbons (Fsp3) is 0.444. The lowest BCUT2D eigenvalue weighted by molar-refractivity contribution is 0.263. The smallest absolute Gasteiger partial charge is 0.123 e. The molecule has 1 aliphatic carbocycles. The molecule has 0 radical (unpaired) electrons. The van der Waals surface area contributed by atoms with Crippen LogP contribution in [0.1, 0.15) is 43.4 Å². The van der Waals surface area contributed by atoms with Crippen molar-refractivity contribution in [1.29, 1.82) is 0 Å². The number of nitrogens with one attached hydrogen (secondary N) is 1. The van der Waals surface area contributed by atoms with Gasteiger partial charge in [-0.3, -0.25) is 0 Å². The number of benzene rings is 1. The van der Waals surface area contributed by atoms with E-state index in [1.54, 1.807) is 18.4 Å². The maximum atomic E-state index is 13.2. The molecule has 1 aromatic heterocycles. The number of halogens is 1. The first-order chi connectivity index (χ1) is 10.2. The molecule has 1 unspecified atom stereocenters. The molecule has 0 spiro atoms. The molecule has 21 heavy (non-hydrogen) atoms. The van der Waals surface area contributed by atoms with Crippen LogP contribution in [0.2, 0.25) is 0 Å². The van der Waals surface area contributed by atoms with Crippen molar-refractivity contribution in [2.45, 2.75) is 50.6 Å². The molecule has 3 rings (SSSR count). The van der Waals surface area contributed by atoms with Gasteiger partial charge in [-0.05, 0) is 61.9 Å². The summed E-state index contributed by atoms with van der Waals surface area (Å²) in [5, 5.41) is 3.66. The summed E-state index contributed by atoms with van der Waals surface area (Å²) in [4.78, 5) is 0. The Bertz CT molecular complexity index is 560. The minimum atomic E-state index is -0.129. The third-order valence-electron chi connectivity index (χ3n) is 4.38. The van der Waals surface area contributed by atoms with Crippen LogP contribution in [0, 0.1) is 5.82 Å². The maximum Gasteiger partial charge on any atom is 0.123 e. The van der Waals surface area contributed by atoms with Crippen molar-refractivity contribution in [1.82, 2.24) is 5.32 Å². The van der Waals surface area contributed by atoms with E-state index < -0.39 is 0 Å². The molecular weight excluding hydrogens is 265 g/mol. The van der Waals surface area contributed by atoms with E-state index in [9.17, 15) is 4.39 Å². The summed E-state index contributed by atoms with van der Waals surface area (Å²) in [6.07, 6.45) is 5.99. The Balaban J connectivity index is 1.40. The summed E-state index contributed by atoms with van der Waals surface area (Å²) in [7, 11) is 0. The zero-order chi connectivity index (χ0) is 14.7. The fourth-order valence-corrected chi connectivity index (χ4v) is 3.09. The molecular formula is C18H22FNO. The third-order valence-corrected chi connectivity index (χ3v) is 4.38. The lowest BCUT2D eigenvalue weighted by Crippen LogP contribution is -2.44. The van der Waals surface area contributed by atoms with Gasteiger partial charge in [-0.15, -0.1) is 0 Å². The summed E-state index contributed by atoms with van der Waals surface area (Å²) < 4.78 is 18.6. The summed E-state index contributed by atoms with van der Waals surface area (Å²) in [5.74, 6) is 1.43. The Morgan fingerprint density at radius 1 is 1.29 bits per heavy atom. The van der Waals surface area contributed by atoms with Gasteiger partial charge in [0, 0.05) is 18.5 Å². The molecule has 1 N–H and O–H groups in total. The van der Waals surface area contributed by atoms with Gasteiger partial charge >= 0.3 is 0 Å². The highest BCUT2D eigenvalue weighted by Gasteiger charge is 2.30. The molecule has 1 aromatic carbocycles. The van der Waals surface area contributed by atoms with Gasteiger partial charge in [0.1, 0.15) is 11.6 Å². The van der Waals surface area contributed by atoms with E-state index in [1.165, 1.54) is 6.07 Å². The summed E-state index contributed by atoms with van der Waals surface area (Å²) in [6.45, 7) is 2.22. The number of hydrogen-bond donors (Lipinski definition) is 1. The normalized spacial score (nSPS) is 22.8. The molecule has 0 bridgehead atoms. The number of aryl methyl sites for hydroxylation is 1. The van der Waals surface area contributed by atoms with Crippen LogP contribution in [-0.2, 0) is 6.42 Å². The minimum Gasteiger partial charge on any atom is -0.469 e. The van der Waals surface area contributed by atoms with Crippen LogP contribution in [0.15, 0.2) is 47.1 Å². The van der Waals surface area contributed by atoms with Gasteiger partial charge in [0.2, 0.25) is 0 Å². The van der Waals surface area contributed by atoms with Crippen molar-refractivity contribution in [3.8, 4) is 0 Å². The lowest BCUT2D eigenvalue weighted by Gasteiger charge is -2.38. The van der Waals surface area contributed by atoms with Crippen LogP contribution in [0.3, 0.4) is 0 Å². The second kappa shape index (κ2) is 6.44. The van der Waals surface area contributed by atoms with Crippen molar-refractivity contribution in [3.05, 3.63) is 59.8 Å². The van der Waals surface area contributed by atoms with E-state index in [0.29, 0.717) is 18.0 Å². The molecule has 1 atom stereocenters. The molecule has 0 amide bonds. The SMILES string of the molecule is CC(CCc1ccco1)NC1CC(c2cccc(F)c2)C1. The average molecular weight is 287 g/mol. The van der Waals surface area contributed by atoms with E-state index >= 15 is 0 Å². The molecule has 112 valence electrons. The second-order valence-electron chi connectivity index (χ2n) is 6.11. The second-order valence-corrected chi connectivity index (χ2v) is 6.11. The van der Waals surface area contributed by atoms with Crippen LogP contribution < -0.4 is 5.32 Å².